The Bertz CT molecular complexity index is 722. The lowest BCUT2D eigenvalue weighted by atomic mass is 10.1. The van der Waals surface area contributed by atoms with Gasteiger partial charge in [0.25, 0.3) is 5.91 Å². The standard InChI is InChI=1S/C19H23N3O2.ClH/c1-14-6-7-18-16(9-14)11-22(17(13-24-18)12-21(2)3)19(23)15-5-4-8-20-10-15;/h4-10,17H,11-13H2,1-3H3;1H. The maximum Gasteiger partial charge on any atom is 0.256 e. The zero-order valence-electron chi connectivity index (χ0n) is 14.8. The van der Waals surface area contributed by atoms with Crippen LogP contribution in [-0.2, 0) is 6.54 Å². The molecule has 3 rings (SSSR count). The molecule has 0 N–H and O–H groups in total. The molecule has 25 heavy (non-hydrogen) atoms. The number of hydrogen-bond acceptors (Lipinski definition) is 4. The van der Waals surface area contributed by atoms with Gasteiger partial charge in [0.1, 0.15) is 12.4 Å². The molecule has 134 valence electrons. The number of aryl methyl sites for hydroxylation is 1. The van der Waals surface area contributed by atoms with Gasteiger partial charge in [-0.25, -0.2) is 0 Å². The average Bonchev–Trinajstić information content (AvgIpc) is 2.74. The first-order chi connectivity index (χ1) is 11.5. The molecule has 0 spiro atoms. The minimum Gasteiger partial charge on any atom is -0.491 e. The van der Waals surface area contributed by atoms with Crippen molar-refractivity contribution in [2.75, 3.05) is 27.2 Å². The third kappa shape index (κ3) is 4.50. The SMILES string of the molecule is Cc1ccc2c(c1)CN(C(=O)c1cccnc1)C(CN(C)C)CO2.Cl. The first-order valence-electron chi connectivity index (χ1n) is 8.12. The van der Waals surface area contributed by atoms with E-state index in [1.807, 2.05) is 37.2 Å². The monoisotopic (exact) mass is 361 g/mol. The molecule has 0 radical (unpaired) electrons. The fourth-order valence-corrected chi connectivity index (χ4v) is 3.03. The molecule has 2 aromatic rings. The lowest BCUT2D eigenvalue weighted by Gasteiger charge is -2.31. The van der Waals surface area contributed by atoms with Crippen molar-refractivity contribution >= 4 is 18.3 Å². The number of benzene rings is 1. The molecule has 1 unspecified atom stereocenters. The maximum absolute atomic E-state index is 13.1. The number of aromatic nitrogens is 1. The van der Waals surface area contributed by atoms with Gasteiger partial charge in [-0.2, -0.15) is 0 Å². The molecule has 0 fully saturated rings. The number of amides is 1. The summed E-state index contributed by atoms with van der Waals surface area (Å²) >= 11 is 0. The van der Waals surface area contributed by atoms with Crippen molar-refractivity contribution in [3.63, 3.8) is 0 Å². The predicted octanol–water partition coefficient (Wildman–Crippen LogP) is 2.78. The topological polar surface area (TPSA) is 45.7 Å². The Balaban J connectivity index is 0.00000225. The Morgan fingerprint density at radius 2 is 2.16 bits per heavy atom. The smallest absolute Gasteiger partial charge is 0.256 e. The van der Waals surface area contributed by atoms with Crippen LogP contribution in [-0.4, -0.2) is 54.0 Å². The fourth-order valence-electron chi connectivity index (χ4n) is 3.03. The van der Waals surface area contributed by atoms with Crippen molar-refractivity contribution in [3.05, 3.63) is 59.4 Å². The van der Waals surface area contributed by atoms with Gasteiger partial charge in [0.15, 0.2) is 0 Å². The molecule has 1 amide bonds. The number of rotatable bonds is 3. The Kier molecular flexibility index (Phi) is 6.39. The second-order valence-electron chi connectivity index (χ2n) is 6.51. The van der Waals surface area contributed by atoms with Gasteiger partial charge in [0.05, 0.1) is 18.2 Å². The van der Waals surface area contributed by atoms with Gasteiger partial charge in [0, 0.05) is 24.5 Å². The van der Waals surface area contributed by atoms with Crippen LogP contribution in [0.4, 0.5) is 0 Å². The summed E-state index contributed by atoms with van der Waals surface area (Å²) in [4.78, 5) is 21.1. The van der Waals surface area contributed by atoms with E-state index in [-0.39, 0.29) is 24.4 Å². The number of carbonyl (C=O) groups excluding carboxylic acids is 1. The largest absolute Gasteiger partial charge is 0.491 e. The molecule has 0 aliphatic carbocycles. The fraction of sp³-hybridized carbons (Fsp3) is 0.368. The van der Waals surface area contributed by atoms with Gasteiger partial charge in [-0.15, -0.1) is 12.4 Å². The minimum absolute atomic E-state index is 0. The van der Waals surface area contributed by atoms with Gasteiger partial charge in [0.2, 0.25) is 0 Å². The Hall–Kier alpha value is -2.11. The quantitative estimate of drug-likeness (QED) is 0.843. The average molecular weight is 362 g/mol. The summed E-state index contributed by atoms with van der Waals surface area (Å²) in [6, 6.07) is 9.72. The zero-order chi connectivity index (χ0) is 17.1. The van der Waals surface area contributed by atoms with Crippen LogP contribution in [0.1, 0.15) is 21.5 Å². The predicted molar refractivity (Wildman–Crippen MR) is 100 cm³/mol. The molecule has 1 atom stereocenters. The van der Waals surface area contributed by atoms with E-state index in [4.69, 9.17) is 4.74 Å². The third-order valence-electron chi connectivity index (χ3n) is 4.17. The Morgan fingerprint density at radius 1 is 1.36 bits per heavy atom. The van der Waals surface area contributed by atoms with E-state index in [0.29, 0.717) is 18.7 Å². The van der Waals surface area contributed by atoms with E-state index in [1.54, 1.807) is 18.5 Å². The molecular formula is C19H24ClN3O2. The van der Waals surface area contributed by atoms with Gasteiger partial charge in [-0.1, -0.05) is 17.7 Å². The number of nitrogens with zero attached hydrogens (tertiary/aromatic N) is 3. The van der Waals surface area contributed by atoms with Crippen molar-refractivity contribution in [1.29, 1.82) is 0 Å². The van der Waals surface area contributed by atoms with Crippen LogP contribution in [0.2, 0.25) is 0 Å². The number of fused-ring (bicyclic) bond motifs is 1. The van der Waals surface area contributed by atoms with Crippen molar-refractivity contribution in [2.45, 2.75) is 19.5 Å². The van der Waals surface area contributed by atoms with Crippen LogP contribution in [0.5, 0.6) is 5.75 Å². The van der Waals surface area contributed by atoms with Crippen LogP contribution in [0.3, 0.4) is 0 Å². The molecule has 1 aromatic heterocycles. The van der Waals surface area contributed by atoms with E-state index in [2.05, 4.69) is 22.9 Å². The summed E-state index contributed by atoms with van der Waals surface area (Å²) in [6.07, 6.45) is 3.30. The van der Waals surface area contributed by atoms with E-state index in [1.165, 1.54) is 0 Å². The summed E-state index contributed by atoms with van der Waals surface area (Å²) < 4.78 is 6.00. The lowest BCUT2D eigenvalue weighted by Crippen LogP contribution is -2.47. The highest BCUT2D eigenvalue weighted by Gasteiger charge is 2.29. The molecule has 1 aliphatic heterocycles. The maximum atomic E-state index is 13.1. The van der Waals surface area contributed by atoms with Gasteiger partial charge < -0.3 is 14.5 Å². The second kappa shape index (κ2) is 8.32. The second-order valence-corrected chi connectivity index (χ2v) is 6.51. The Labute approximate surface area is 155 Å². The number of carbonyl (C=O) groups is 1. The molecule has 0 saturated carbocycles. The minimum atomic E-state index is -0.0135. The first-order valence-corrected chi connectivity index (χ1v) is 8.12. The van der Waals surface area contributed by atoms with Gasteiger partial charge in [-0.3, -0.25) is 9.78 Å². The zero-order valence-corrected chi connectivity index (χ0v) is 15.6. The van der Waals surface area contributed by atoms with Crippen LogP contribution in [0.15, 0.2) is 42.7 Å². The molecule has 1 aliphatic rings. The lowest BCUT2D eigenvalue weighted by molar-refractivity contribution is 0.0583. The van der Waals surface area contributed by atoms with E-state index in [0.717, 1.165) is 23.4 Å². The van der Waals surface area contributed by atoms with Crippen molar-refractivity contribution in [1.82, 2.24) is 14.8 Å². The molecule has 2 heterocycles. The van der Waals surface area contributed by atoms with E-state index < -0.39 is 0 Å². The highest BCUT2D eigenvalue weighted by Crippen LogP contribution is 2.27. The Morgan fingerprint density at radius 3 is 2.84 bits per heavy atom. The van der Waals surface area contributed by atoms with Crippen LogP contribution in [0, 0.1) is 6.92 Å². The highest BCUT2D eigenvalue weighted by atomic mass is 35.5. The van der Waals surface area contributed by atoms with Gasteiger partial charge in [-0.05, 0) is 39.2 Å². The van der Waals surface area contributed by atoms with E-state index >= 15 is 0 Å². The number of ether oxygens (including phenoxy) is 1. The van der Waals surface area contributed by atoms with Crippen LogP contribution in [0.25, 0.3) is 0 Å². The summed E-state index contributed by atoms with van der Waals surface area (Å²) in [7, 11) is 4.02. The third-order valence-corrected chi connectivity index (χ3v) is 4.17. The van der Waals surface area contributed by atoms with Crippen LogP contribution >= 0.6 is 12.4 Å². The summed E-state index contributed by atoms with van der Waals surface area (Å²) in [5, 5.41) is 0. The number of likely N-dealkylation sites (N-methyl/N-ethyl adjacent to an activating group) is 1. The molecule has 0 bridgehead atoms. The van der Waals surface area contributed by atoms with Crippen molar-refractivity contribution < 1.29 is 9.53 Å². The van der Waals surface area contributed by atoms with E-state index in [9.17, 15) is 4.79 Å². The summed E-state index contributed by atoms with van der Waals surface area (Å²) in [5.74, 6) is 0.860. The number of halogens is 1. The van der Waals surface area contributed by atoms with Crippen molar-refractivity contribution in [2.24, 2.45) is 0 Å². The van der Waals surface area contributed by atoms with Gasteiger partial charge >= 0.3 is 0 Å². The highest BCUT2D eigenvalue weighted by molar-refractivity contribution is 5.94. The molecule has 0 saturated heterocycles. The molecular weight excluding hydrogens is 338 g/mol. The summed E-state index contributed by atoms with van der Waals surface area (Å²) in [5.41, 5.74) is 2.82. The normalized spacial score (nSPS) is 16.5. The molecule has 1 aromatic carbocycles. The summed E-state index contributed by atoms with van der Waals surface area (Å²) in [6.45, 7) is 3.83. The first kappa shape index (κ1) is 19.2. The molecule has 6 heteroatoms. The molecule has 5 nitrogen and oxygen atoms in total. The van der Waals surface area contributed by atoms with Crippen molar-refractivity contribution in [3.8, 4) is 5.75 Å². The number of hydrogen-bond donors (Lipinski definition) is 0. The number of pyridine rings is 1. The van der Waals surface area contributed by atoms with Crippen LogP contribution < -0.4 is 4.74 Å².